The third-order valence-electron chi connectivity index (χ3n) is 4.53. The van der Waals surface area contributed by atoms with Crippen LogP contribution in [-0.4, -0.2) is 23.6 Å². The third kappa shape index (κ3) is 4.10. The molecule has 0 heterocycles. The minimum absolute atomic E-state index is 0.0176. The van der Waals surface area contributed by atoms with Gasteiger partial charge >= 0.3 is 0 Å². The van der Waals surface area contributed by atoms with Crippen LogP contribution in [0.2, 0.25) is 0 Å². The zero-order valence-electron chi connectivity index (χ0n) is 14.8. The molecule has 3 atom stereocenters. The second kappa shape index (κ2) is 8.33. The van der Waals surface area contributed by atoms with Gasteiger partial charge in [0, 0.05) is 12.2 Å². The maximum Gasteiger partial charge on any atom is 0.191 e. The number of rotatable bonds is 8. The highest BCUT2D eigenvalue weighted by molar-refractivity contribution is 5.99. The minimum atomic E-state index is -0.455. The van der Waals surface area contributed by atoms with Crippen LogP contribution in [0, 0.1) is 0 Å². The topological polar surface area (TPSA) is 46.5 Å². The van der Waals surface area contributed by atoms with E-state index in [4.69, 9.17) is 4.74 Å². The van der Waals surface area contributed by atoms with Crippen molar-refractivity contribution in [3.8, 4) is 5.75 Å². The Labute approximate surface area is 134 Å². The van der Waals surface area contributed by atoms with Crippen molar-refractivity contribution in [1.29, 1.82) is 0 Å². The number of aromatic hydroxyl groups is 1. The highest BCUT2D eigenvalue weighted by atomic mass is 16.5. The summed E-state index contributed by atoms with van der Waals surface area (Å²) in [5, 5.41) is 10.6. The van der Waals surface area contributed by atoms with Crippen LogP contribution >= 0.6 is 0 Å². The van der Waals surface area contributed by atoms with Gasteiger partial charge in [-0.3, -0.25) is 4.79 Å². The molecular formula is C19H30O3. The quantitative estimate of drug-likeness (QED) is 0.685. The van der Waals surface area contributed by atoms with E-state index >= 15 is 0 Å². The summed E-state index contributed by atoms with van der Waals surface area (Å²) in [5.41, 5.74) is 2.38. The van der Waals surface area contributed by atoms with E-state index in [1.54, 1.807) is 6.92 Å². The van der Waals surface area contributed by atoms with Crippen molar-refractivity contribution in [3.05, 3.63) is 28.8 Å². The Morgan fingerprint density at radius 2 is 1.50 bits per heavy atom. The fourth-order valence-electron chi connectivity index (χ4n) is 2.57. The van der Waals surface area contributed by atoms with Crippen molar-refractivity contribution in [2.24, 2.45) is 0 Å². The normalized spacial score (nSPS) is 15.4. The molecule has 0 radical (unpaired) electrons. The Kier molecular flexibility index (Phi) is 7.08. The van der Waals surface area contributed by atoms with Gasteiger partial charge in [-0.25, -0.2) is 0 Å². The van der Waals surface area contributed by atoms with Gasteiger partial charge in [0.15, 0.2) is 5.78 Å². The summed E-state index contributed by atoms with van der Waals surface area (Å²) in [6.45, 7) is 12.5. The maximum atomic E-state index is 12.6. The Balaban J connectivity index is 3.36. The average molecular weight is 306 g/mol. The second-order valence-corrected chi connectivity index (χ2v) is 6.08. The predicted molar refractivity (Wildman–Crippen MR) is 90.9 cm³/mol. The largest absolute Gasteiger partial charge is 0.507 e. The first-order valence-corrected chi connectivity index (χ1v) is 8.39. The molecule has 1 N–H and O–H groups in total. The summed E-state index contributed by atoms with van der Waals surface area (Å²) in [4.78, 5) is 12.6. The molecule has 1 rings (SSSR count). The first-order valence-electron chi connectivity index (χ1n) is 8.39. The number of carbonyl (C=O) groups is 1. The van der Waals surface area contributed by atoms with Crippen LogP contribution in [0.3, 0.4) is 0 Å². The smallest absolute Gasteiger partial charge is 0.191 e. The Bertz CT molecular complexity index is 476. The summed E-state index contributed by atoms with van der Waals surface area (Å²) < 4.78 is 5.43. The molecule has 0 aliphatic heterocycles. The summed E-state index contributed by atoms with van der Waals surface area (Å²) in [6, 6.07) is 3.68. The molecule has 0 aromatic heterocycles. The van der Waals surface area contributed by atoms with E-state index < -0.39 is 6.10 Å². The van der Waals surface area contributed by atoms with E-state index in [1.165, 1.54) is 0 Å². The predicted octanol–water partition coefficient (Wildman–Crippen LogP) is 5.03. The van der Waals surface area contributed by atoms with E-state index in [2.05, 4.69) is 27.7 Å². The van der Waals surface area contributed by atoms with Crippen LogP contribution in [0.1, 0.15) is 87.7 Å². The van der Waals surface area contributed by atoms with Gasteiger partial charge in [0.25, 0.3) is 0 Å². The lowest BCUT2D eigenvalue weighted by Crippen LogP contribution is -2.21. The Morgan fingerprint density at radius 3 is 1.86 bits per heavy atom. The molecule has 1 aromatic rings. The first kappa shape index (κ1) is 18.7. The molecular weight excluding hydrogens is 276 g/mol. The van der Waals surface area contributed by atoms with Gasteiger partial charge < -0.3 is 9.84 Å². The molecule has 3 unspecified atom stereocenters. The van der Waals surface area contributed by atoms with Crippen LogP contribution in [0.25, 0.3) is 0 Å². The third-order valence-corrected chi connectivity index (χ3v) is 4.53. The number of hydrogen-bond acceptors (Lipinski definition) is 3. The molecule has 0 fully saturated rings. The highest BCUT2D eigenvalue weighted by Gasteiger charge is 2.22. The lowest BCUT2D eigenvalue weighted by molar-refractivity contribution is 0.0520. The second-order valence-electron chi connectivity index (χ2n) is 6.08. The van der Waals surface area contributed by atoms with Crippen molar-refractivity contribution in [2.45, 2.75) is 72.3 Å². The number of ether oxygens (including phenoxy) is 1. The van der Waals surface area contributed by atoms with Crippen LogP contribution in [0.5, 0.6) is 5.75 Å². The zero-order valence-corrected chi connectivity index (χ0v) is 14.8. The lowest BCUT2D eigenvalue weighted by atomic mass is 9.87. The standard InChI is InChI=1S/C19H30O3/c1-7-12(4)16-10-15(18(20)14(6)22-9-3)11-17(19(16)21)13(5)8-2/h10-14,21H,7-9H2,1-6H3. The van der Waals surface area contributed by atoms with Crippen molar-refractivity contribution in [1.82, 2.24) is 0 Å². The van der Waals surface area contributed by atoms with E-state index in [0.29, 0.717) is 17.9 Å². The molecule has 0 amide bonds. The van der Waals surface area contributed by atoms with Crippen molar-refractivity contribution in [3.63, 3.8) is 0 Å². The van der Waals surface area contributed by atoms with E-state index in [-0.39, 0.29) is 17.6 Å². The van der Waals surface area contributed by atoms with Crippen molar-refractivity contribution in [2.75, 3.05) is 6.61 Å². The molecule has 0 aliphatic rings. The monoisotopic (exact) mass is 306 g/mol. The minimum Gasteiger partial charge on any atom is -0.507 e. The highest BCUT2D eigenvalue weighted by Crippen LogP contribution is 2.37. The number of phenolic OH excluding ortho intramolecular Hbond substituents is 1. The van der Waals surface area contributed by atoms with Crippen LogP contribution < -0.4 is 0 Å². The number of ketones is 1. The number of phenols is 1. The molecule has 3 heteroatoms. The fraction of sp³-hybridized carbons (Fsp3) is 0.632. The molecule has 0 saturated heterocycles. The number of benzene rings is 1. The van der Waals surface area contributed by atoms with Crippen molar-refractivity contribution >= 4 is 5.78 Å². The van der Waals surface area contributed by atoms with Gasteiger partial charge in [-0.1, -0.05) is 27.7 Å². The number of hydrogen-bond donors (Lipinski definition) is 1. The first-order chi connectivity index (χ1) is 10.4. The summed E-state index contributed by atoms with van der Waals surface area (Å²) in [5.74, 6) is 0.774. The molecule has 0 spiro atoms. The van der Waals surface area contributed by atoms with Gasteiger partial charge in [-0.2, -0.15) is 0 Å². The molecule has 0 saturated carbocycles. The molecule has 124 valence electrons. The van der Waals surface area contributed by atoms with Crippen LogP contribution in [0.15, 0.2) is 12.1 Å². The van der Waals surface area contributed by atoms with Gasteiger partial charge in [0.2, 0.25) is 0 Å². The lowest BCUT2D eigenvalue weighted by Gasteiger charge is -2.20. The van der Waals surface area contributed by atoms with E-state index in [0.717, 1.165) is 24.0 Å². The van der Waals surface area contributed by atoms with Gasteiger partial charge in [-0.15, -0.1) is 0 Å². The zero-order chi connectivity index (χ0) is 16.9. The number of Topliss-reactive ketones (excluding diaryl/α,β-unsaturated/α-hetero) is 1. The number of carbonyl (C=O) groups excluding carboxylic acids is 1. The maximum absolute atomic E-state index is 12.6. The SMILES string of the molecule is CCOC(C)C(=O)c1cc(C(C)CC)c(O)c(C(C)CC)c1. The summed E-state index contributed by atoms with van der Waals surface area (Å²) in [7, 11) is 0. The van der Waals surface area contributed by atoms with Crippen LogP contribution in [-0.2, 0) is 4.74 Å². The Morgan fingerprint density at radius 1 is 1.05 bits per heavy atom. The summed E-state index contributed by atoms with van der Waals surface area (Å²) >= 11 is 0. The molecule has 0 bridgehead atoms. The van der Waals surface area contributed by atoms with Gasteiger partial charge in [0.05, 0.1) is 0 Å². The Hall–Kier alpha value is -1.35. The fourth-order valence-corrected chi connectivity index (χ4v) is 2.57. The van der Waals surface area contributed by atoms with Gasteiger partial charge in [0.1, 0.15) is 11.9 Å². The van der Waals surface area contributed by atoms with E-state index in [1.807, 2.05) is 19.1 Å². The average Bonchev–Trinajstić information content (AvgIpc) is 2.53. The summed E-state index contributed by atoms with van der Waals surface area (Å²) in [6.07, 6.45) is 1.39. The van der Waals surface area contributed by atoms with Crippen molar-refractivity contribution < 1.29 is 14.6 Å². The molecule has 22 heavy (non-hydrogen) atoms. The molecule has 1 aromatic carbocycles. The van der Waals surface area contributed by atoms with Crippen LogP contribution in [0.4, 0.5) is 0 Å². The molecule has 0 aliphatic carbocycles. The van der Waals surface area contributed by atoms with E-state index in [9.17, 15) is 9.90 Å². The van der Waals surface area contributed by atoms with Gasteiger partial charge in [-0.05, 0) is 61.8 Å². The molecule has 3 nitrogen and oxygen atoms in total.